The van der Waals surface area contributed by atoms with E-state index in [1.165, 1.54) is 29.4 Å². The third kappa shape index (κ3) is 5.58. The molecule has 0 fully saturated rings. The number of carbonyl (C=O) groups is 1. The van der Waals surface area contributed by atoms with Crippen LogP contribution in [-0.4, -0.2) is 50.6 Å². The van der Waals surface area contributed by atoms with Crippen LogP contribution < -0.4 is 10.2 Å². The highest BCUT2D eigenvalue weighted by Gasteiger charge is 2.25. The fourth-order valence-corrected chi connectivity index (χ4v) is 4.50. The van der Waals surface area contributed by atoms with Gasteiger partial charge in [0.2, 0.25) is 15.9 Å². The van der Waals surface area contributed by atoms with Crippen LogP contribution in [0.3, 0.4) is 0 Å². The molecule has 3 rings (SSSR count). The van der Waals surface area contributed by atoms with Gasteiger partial charge in [0.15, 0.2) is 0 Å². The molecule has 1 atom stereocenters. The molecule has 1 heterocycles. The zero-order valence-electron chi connectivity index (χ0n) is 17.3. The van der Waals surface area contributed by atoms with Crippen molar-refractivity contribution in [3.8, 4) is 0 Å². The maximum Gasteiger partial charge on any atom is 0.235 e. The second kappa shape index (κ2) is 9.57. The quantitative estimate of drug-likeness (QED) is 0.617. The number of fused-ring (bicyclic) bond motifs is 1. The Kier molecular flexibility index (Phi) is 7.10. The number of hydrogen-bond donors (Lipinski definition) is 1. The van der Waals surface area contributed by atoms with Gasteiger partial charge in [-0.15, -0.1) is 0 Å². The van der Waals surface area contributed by atoms with Gasteiger partial charge in [-0.1, -0.05) is 36.4 Å². The van der Waals surface area contributed by atoms with Gasteiger partial charge in [-0.2, -0.15) is 4.31 Å². The van der Waals surface area contributed by atoms with Gasteiger partial charge in [0.1, 0.15) is 5.82 Å². The first-order valence-corrected chi connectivity index (χ1v) is 11.9. The third-order valence-electron chi connectivity index (χ3n) is 5.34. The van der Waals surface area contributed by atoms with E-state index in [1.54, 1.807) is 6.07 Å². The molecule has 1 amide bonds. The summed E-state index contributed by atoms with van der Waals surface area (Å²) in [4.78, 5) is 14.6. The first-order chi connectivity index (χ1) is 14.3. The molecule has 0 radical (unpaired) electrons. The van der Waals surface area contributed by atoms with Gasteiger partial charge in [-0.25, -0.2) is 12.8 Å². The molecule has 6 nitrogen and oxygen atoms in total. The highest BCUT2D eigenvalue weighted by molar-refractivity contribution is 7.88. The third-order valence-corrected chi connectivity index (χ3v) is 6.54. The first-order valence-electron chi connectivity index (χ1n) is 10.1. The minimum absolute atomic E-state index is 0.180. The van der Waals surface area contributed by atoms with Gasteiger partial charge in [-0.3, -0.25) is 4.79 Å². The molecular weight excluding hydrogens is 405 g/mol. The maximum absolute atomic E-state index is 13.9. The van der Waals surface area contributed by atoms with Crippen LogP contribution in [0.1, 0.15) is 24.5 Å². The van der Waals surface area contributed by atoms with E-state index in [0.29, 0.717) is 12.6 Å². The van der Waals surface area contributed by atoms with Crippen LogP contribution in [-0.2, 0) is 27.8 Å². The van der Waals surface area contributed by atoms with E-state index in [-0.39, 0.29) is 18.7 Å². The number of anilines is 1. The summed E-state index contributed by atoms with van der Waals surface area (Å²) in [5.41, 5.74) is 2.81. The lowest BCUT2D eigenvalue weighted by Gasteiger charge is -2.25. The summed E-state index contributed by atoms with van der Waals surface area (Å²) >= 11 is 0. The smallest absolute Gasteiger partial charge is 0.235 e. The number of rotatable bonds is 9. The van der Waals surface area contributed by atoms with Crippen molar-refractivity contribution in [3.63, 3.8) is 0 Å². The van der Waals surface area contributed by atoms with Crippen molar-refractivity contribution >= 4 is 21.6 Å². The van der Waals surface area contributed by atoms with E-state index in [0.717, 1.165) is 29.9 Å². The molecule has 1 aliphatic rings. The number of hydrogen-bond acceptors (Lipinski definition) is 4. The Morgan fingerprint density at radius 2 is 1.90 bits per heavy atom. The fraction of sp³-hybridized carbons (Fsp3) is 0.409. The van der Waals surface area contributed by atoms with E-state index < -0.39 is 21.7 Å². The summed E-state index contributed by atoms with van der Waals surface area (Å²) in [5, 5.41) is 2.78. The van der Waals surface area contributed by atoms with Crippen LogP contribution >= 0.6 is 0 Å². The molecule has 0 aliphatic carbocycles. The number of carbonyl (C=O) groups excluding carboxylic acids is 1. The minimum Gasteiger partial charge on any atom is -0.368 e. The van der Waals surface area contributed by atoms with Gasteiger partial charge >= 0.3 is 0 Å². The molecule has 2 aromatic rings. The summed E-state index contributed by atoms with van der Waals surface area (Å²) in [5.74, 6) is -0.891. The second-order valence-corrected chi connectivity index (χ2v) is 9.68. The van der Waals surface area contributed by atoms with Gasteiger partial charge in [0.05, 0.1) is 12.8 Å². The predicted octanol–water partition coefficient (Wildman–Crippen LogP) is 2.54. The topological polar surface area (TPSA) is 69.7 Å². The number of amides is 1. The molecule has 0 spiro atoms. The van der Waals surface area contributed by atoms with E-state index in [2.05, 4.69) is 29.3 Å². The molecule has 0 aromatic heterocycles. The first kappa shape index (κ1) is 22.2. The van der Waals surface area contributed by atoms with Crippen LogP contribution in [0.5, 0.6) is 0 Å². The molecule has 1 aliphatic heterocycles. The Hall–Kier alpha value is -2.45. The lowest BCUT2D eigenvalue weighted by molar-refractivity contribution is -0.121. The fourth-order valence-electron chi connectivity index (χ4n) is 3.77. The Bertz CT molecular complexity index is 997. The van der Waals surface area contributed by atoms with Crippen molar-refractivity contribution in [1.82, 2.24) is 9.62 Å². The van der Waals surface area contributed by atoms with Gasteiger partial charge < -0.3 is 10.2 Å². The molecule has 0 bridgehead atoms. The average molecular weight is 434 g/mol. The number of benzene rings is 2. The summed E-state index contributed by atoms with van der Waals surface area (Å²) in [7, 11) is -3.66. The number of nitrogens with zero attached hydrogens (tertiary/aromatic N) is 2. The van der Waals surface area contributed by atoms with E-state index in [9.17, 15) is 17.6 Å². The predicted molar refractivity (Wildman–Crippen MR) is 116 cm³/mol. The van der Waals surface area contributed by atoms with Crippen molar-refractivity contribution < 1.29 is 17.6 Å². The van der Waals surface area contributed by atoms with Gasteiger partial charge in [0.25, 0.3) is 0 Å². The van der Waals surface area contributed by atoms with Crippen molar-refractivity contribution in [2.75, 3.05) is 30.8 Å². The van der Waals surface area contributed by atoms with Gasteiger partial charge in [0, 0.05) is 36.9 Å². The van der Waals surface area contributed by atoms with Crippen LogP contribution in [0.4, 0.5) is 10.1 Å². The number of sulfonamides is 1. The van der Waals surface area contributed by atoms with Crippen LogP contribution in [0.2, 0.25) is 0 Å². The van der Waals surface area contributed by atoms with E-state index >= 15 is 0 Å². The Balaban J connectivity index is 1.50. The monoisotopic (exact) mass is 433 g/mol. The average Bonchev–Trinajstić information content (AvgIpc) is 3.01. The summed E-state index contributed by atoms with van der Waals surface area (Å²) < 4.78 is 39.0. The molecular formula is C22H28FN3O3S. The van der Waals surface area contributed by atoms with E-state index in [1.807, 2.05) is 12.1 Å². The normalized spacial score (nSPS) is 16.0. The van der Waals surface area contributed by atoms with Gasteiger partial charge in [-0.05, 0) is 37.5 Å². The minimum atomic E-state index is -3.66. The highest BCUT2D eigenvalue weighted by Crippen LogP contribution is 2.31. The number of para-hydroxylation sites is 1. The zero-order valence-corrected chi connectivity index (χ0v) is 18.2. The molecule has 0 saturated heterocycles. The molecule has 1 N–H and O–H groups in total. The molecule has 0 unspecified atom stereocenters. The summed E-state index contributed by atoms with van der Waals surface area (Å²) in [6.45, 7) is 2.92. The standard InChI is InChI=1S/C22H28FN3O3S/c1-17-14-18-8-4-6-11-21(18)26(17)13-7-12-24-22(27)16-25(30(2,28)29)15-19-9-3-5-10-20(19)23/h3-6,8-11,17H,7,12-16H2,1-2H3,(H,24,27)/t17-/m1/s1. The van der Waals surface area contributed by atoms with Crippen molar-refractivity contribution in [2.45, 2.75) is 32.4 Å². The largest absolute Gasteiger partial charge is 0.368 e. The van der Waals surface area contributed by atoms with Crippen molar-refractivity contribution in [3.05, 3.63) is 65.5 Å². The lowest BCUT2D eigenvalue weighted by Crippen LogP contribution is -2.41. The summed E-state index contributed by atoms with van der Waals surface area (Å²) in [6, 6.07) is 14.7. The van der Waals surface area contributed by atoms with Crippen LogP contribution in [0.15, 0.2) is 48.5 Å². The molecule has 8 heteroatoms. The number of halogens is 1. The van der Waals surface area contributed by atoms with Crippen molar-refractivity contribution in [2.24, 2.45) is 0 Å². The zero-order chi connectivity index (χ0) is 21.7. The lowest BCUT2D eigenvalue weighted by atomic mass is 10.1. The Morgan fingerprint density at radius 3 is 2.63 bits per heavy atom. The van der Waals surface area contributed by atoms with E-state index in [4.69, 9.17) is 0 Å². The van der Waals surface area contributed by atoms with Crippen LogP contribution in [0, 0.1) is 5.82 Å². The van der Waals surface area contributed by atoms with Crippen molar-refractivity contribution in [1.29, 1.82) is 0 Å². The maximum atomic E-state index is 13.9. The molecule has 2 aromatic carbocycles. The Labute approximate surface area is 177 Å². The molecule has 30 heavy (non-hydrogen) atoms. The van der Waals surface area contributed by atoms with Crippen LogP contribution in [0.25, 0.3) is 0 Å². The molecule has 0 saturated carbocycles. The summed E-state index contributed by atoms with van der Waals surface area (Å²) in [6.07, 6.45) is 2.78. The second-order valence-electron chi connectivity index (χ2n) is 7.70. The highest BCUT2D eigenvalue weighted by atomic mass is 32.2. The Morgan fingerprint density at radius 1 is 1.20 bits per heavy atom. The SMILES string of the molecule is C[C@@H]1Cc2ccccc2N1CCCNC(=O)CN(Cc1ccccc1F)S(C)(=O)=O. The number of nitrogens with one attached hydrogen (secondary N) is 1. The molecule has 162 valence electrons.